The molecule has 1 N–H and O–H groups in total. The van der Waals surface area contributed by atoms with Crippen LogP contribution in [0.2, 0.25) is 0 Å². The summed E-state index contributed by atoms with van der Waals surface area (Å²) in [5, 5.41) is 2.78. The molecule has 2 saturated heterocycles. The number of piperidine rings is 1. The molecule has 0 unspecified atom stereocenters. The van der Waals surface area contributed by atoms with Crippen LogP contribution in [0.4, 0.5) is 13.2 Å². The highest BCUT2D eigenvalue weighted by atomic mass is 19.2. The normalized spacial score (nSPS) is 22.7. The summed E-state index contributed by atoms with van der Waals surface area (Å²) in [4.78, 5) is 14.5. The highest BCUT2D eigenvalue weighted by Crippen LogP contribution is 2.18. The smallest absolute Gasteiger partial charge is 0.251 e. The van der Waals surface area contributed by atoms with Crippen molar-refractivity contribution < 1.29 is 22.7 Å². The molecule has 7 heteroatoms. The summed E-state index contributed by atoms with van der Waals surface area (Å²) in [5.41, 5.74) is -0.197. The Morgan fingerprint density at radius 3 is 2.42 bits per heavy atom. The molecule has 0 bridgehead atoms. The molecule has 0 aromatic heterocycles. The van der Waals surface area contributed by atoms with E-state index < -0.39 is 23.4 Å². The van der Waals surface area contributed by atoms with Gasteiger partial charge in [0.2, 0.25) is 0 Å². The lowest BCUT2D eigenvalue weighted by Gasteiger charge is -2.33. The van der Waals surface area contributed by atoms with Crippen LogP contribution in [0.3, 0.4) is 0 Å². The first-order valence-electron chi connectivity index (χ1n) is 8.28. The molecule has 4 nitrogen and oxygen atoms in total. The van der Waals surface area contributed by atoms with Crippen molar-refractivity contribution in [1.82, 2.24) is 10.2 Å². The van der Waals surface area contributed by atoms with Crippen LogP contribution >= 0.6 is 0 Å². The van der Waals surface area contributed by atoms with Gasteiger partial charge in [0, 0.05) is 37.8 Å². The van der Waals surface area contributed by atoms with Gasteiger partial charge in [-0.1, -0.05) is 0 Å². The average molecular weight is 342 g/mol. The summed E-state index contributed by atoms with van der Waals surface area (Å²) in [6.45, 7) is 4.40. The van der Waals surface area contributed by atoms with Gasteiger partial charge in [0.05, 0.1) is 6.61 Å². The lowest BCUT2D eigenvalue weighted by Crippen LogP contribution is -2.45. The van der Waals surface area contributed by atoms with Crippen molar-refractivity contribution in [3.05, 3.63) is 35.1 Å². The topological polar surface area (TPSA) is 41.6 Å². The van der Waals surface area contributed by atoms with E-state index in [9.17, 15) is 18.0 Å². The maximum absolute atomic E-state index is 13.2. The standard InChI is InChI=1S/C17H21F3N2O2/c18-14-7-12(8-15(19)16(14)20)17(23)21-13-1-4-22(5-2-13)9-11-3-6-24-10-11/h7-8,11,13H,1-6,9-10H2,(H,21,23)/t11-/m0/s1. The monoisotopic (exact) mass is 342 g/mol. The first kappa shape index (κ1) is 17.2. The number of carbonyl (C=O) groups excluding carboxylic acids is 1. The third-order valence-electron chi connectivity index (χ3n) is 4.71. The molecule has 1 amide bonds. The summed E-state index contributed by atoms with van der Waals surface area (Å²) < 4.78 is 44.7. The van der Waals surface area contributed by atoms with Gasteiger partial charge in [-0.15, -0.1) is 0 Å². The molecular formula is C17H21F3N2O2. The van der Waals surface area contributed by atoms with E-state index in [1.54, 1.807) is 0 Å². The molecule has 2 fully saturated rings. The minimum absolute atomic E-state index is 0.0373. The zero-order valence-electron chi connectivity index (χ0n) is 13.4. The Balaban J connectivity index is 1.49. The zero-order chi connectivity index (χ0) is 17.1. The van der Waals surface area contributed by atoms with E-state index >= 15 is 0 Å². The van der Waals surface area contributed by atoms with Crippen molar-refractivity contribution in [2.24, 2.45) is 5.92 Å². The second kappa shape index (κ2) is 7.53. The van der Waals surface area contributed by atoms with Gasteiger partial charge in [0.1, 0.15) is 0 Å². The fourth-order valence-corrected chi connectivity index (χ4v) is 3.31. The highest BCUT2D eigenvalue weighted by molar-refractivity contribution is 5.94. The molecular weight excluding hydrogens is 321 g/mol. The Labute approximate surface area is 139 Å². The number of hydrogen-bond donors (Lipinski definition) is 1. The van der Waals surface area contributed by atoms with E-state index in [4.69, 9.17) is 4.74 Å². The Hall–Kier alpha value is -1.60. The van der Waals surface area contributed by atoms with Crippen LogP contribution in [0.1, 0.15) is 29.6 Å². The molecule has 2 heterocycles. The second-order valence-corrected chi connectivity index (χ2v) is 6.53. The SMILES string of the molecule is O=C(NC1CCN(C[C@@H]2CCOC2)CC1)c1cc(F)c(F)c(F)c1. The molecule has 132 valence electrons. The van der Waals surface area contributed by atoms with Crippen LogP contribution in [0, 0.1) is 23.4 Å². The van der Waals surface area contributed by atoms with Crippen molar-refractivity contribution in [2.45, 2.75) is 25.3 Å². The first-order chi connectivity index (χ1) is 11.5. The van der Waals surface area contributed by atoms with Crippen LogP contribution in [-0.4, -0.2) is 49.7 Å². The molecule has 2 aliphatic heterocycles. The van der Waals surface area contributed by atoms with E-state index in [0.717, 1.165) is 64.2 Å². The number of halogens is 3. The first-order valence-corrected chi connectivity index (χ1v) is 8.28. The van der Waals surface area contributed by atoms with Crippen molar-refractivity contribution in [3.8, 4) is 0 Å². The Kier molecular flexibility index (Phi) is 5.40. The van der Waals surface area contributed by atoms with E-state index in [1.807, 2.05) is 0 Å². The molecule has 24 heavy (non-hydrogen) atoms. The van der Waals surface area contributed by atoms with Crippen LogP contribution in [0.15, 0.2) is 12.1 Å². The number of ether oxygens (including phenoxy) is 1. The minimum Gasteiger partial charge on any atom is -0.381 e. The van der Waals surface area contributed by atoms with E-state index in [0.29, 0.717) is 5.92 Å². The van der Waals surface area contributed by atoms with Gasteiger partial charge in [-0.05, 0) is 37.3 Å². The second-order valence-electron chi connectivity index (χ2n) is 6.53. The van der Waals surface area contributed by atoms with Crippen molar-refractivity contribution in [1.29, 1.82) is 0 Å². The quantitative estimate of drug-likeness (QED) is 0.854. The minimum atomic E-state index is -1.56. The molecule has 0 saturated carbocycles. The largest absolute Gasteiger partial charge is 0.381 e. The molecule has 1 aromatic rings. The van der Waals surface area contributed by atoms with Crippen LogP contribution in [0.25, 0.3) is 0 Å². The van der Waals surface area contributed by atoms with Crippen molar-refractivity contribution in [3.63, 3.8) is 0 Å². The summed E-state index contributed by atoms with van der Waals surface area (Å²) in [6.07, 6.45) is 2.66. The summed E-state index contributed by atoms with van der Waals surface area (Å²) in [6, 6.07) is 1.41. The third kappa shape index (κ3) is 4.08. The number of amides is 1. The molecule has 3 rings (SSSR count). The summed E-state index contributed by atoms with van der Waals surface area (Å²) >= 11 is 0. The number of benzene rings is 1. The van der Waals surface area contributed by atoms with Crippen LogP contribution in [0.5, 0.6) is 0 Å². The summed E-state index contributed by atoms with van der Waals surface area (Å²) in [7, 11) is 0. The zero-order valence-corrected chi connectivity index (χ0v) is 13.4. The van der Waals surface area contributed by atoms with E-state index in [2.05, 4.69) is 10.2 Å². The Morgan fingerprint density at radius 1 is 1.17 bits per heavy atom. The van der Waals surface area contributed by atoms with E-state index in [-0.39, 0.29) is 11.6 Å². The predicted molar refractivity (Wildman–Crippen MR) is 82.2 cm³/mol. The highest BCUT2D eigenvalue weighted by Gasteiger charge is 2.25. The molecule has 0 aliphatic carbocycles. The van der Waals surface area contributed by atoms with Crippen molar-refractivity contribution >= 4 is 5.91 Å². The number of hydrogen-bond acceptors (Lipinski definition) is 3. The molecule has 1 aromatic carbocycles. The lowest BCUT2D eigenvalue weighted by atomic mass is 10.0. The fraction of sp³-hybridized carbons (Fsp3) is 0.588. The Morgan fingerprint density at radius 2 is 1.83 bits per heavy atom. The van der Waals surface area contributed by atoms with E-state index in [1.165, 1.54) is 0 Å². The molecule has 1 atom stereocenters. The average Bonchev–Trinajstić information content (AvgIpc) is 3.07. The Bertz CT molecular complexity index is 574. The number of likely N-dealkylation sites (tertiary alicyclic amines) is 1. The maximum Gasteiger partial charge on any atom is 0.251 e. The van der Waals surface area contributed by atoms with Gasteiger partial charge in [-0.25, -0.2) is 13.2 Å². The van der Waals surface area contributed by atoms with Gasteiger partial charge >= 0.3 is 0 Å². The lowest BCUT2D eigenvalue weighted by molar-refractivity contribution is 0.0902. The number of nitrogens with zero attached hydrogens (tertiary/aromatic N) is 1. The van der Waals surface area contributed by atoms with Gasteiger partial charge in [-0.2, -0.15) is 0 Å². The molecule has 2 aliphatic rings. The maximum atomic E-state index is 13.2. The summed E-state index contributed by atoms with van der Waals surface area (Å²) in [5.74, 6) is -4.25. The van der Waals surface area contributed by atoms with Crippen LogP contribution in [-0.2, 0) is 4.74 Å². The van der Waals surface area contributed by atoms with Gasteiger partial charge in [-0.3, -0.25) is 4.79 Å². The fourth-order valence-electron chi connectivity index (χ4n) is 3.31. The van der Waals surface area contributed by atoms with Gasteiger partial charge < -0.3 is 15.0 Å². The van der Waals surface area contributed by atoms with Crippen molar-refractivity contribution in [2.75, 3.05) is 32.8 Å². The van der Waals surface area contributed by atoms with Gasteiger partial charge in [0.15, 0.2) is 17.5 Å². The predicted octanol–water partition coefficient (Wildman–Crippen LogP) is 2.33. The third-order valence-corrected chi connectivity index (χ3v) is 4.71. The van der Waals surface area contributed by atoms with Crippen LogP contribution < -0.4 is 5.32 Å². The number of rotatable bonds is 4. The number of carbonyl (C=O) groups is 1. The number of nitrogens with one attached hydrogen (secondary N) is 1. The van der Waals surface area contributed by atoms with Gasteiger partial charge in [0.25, 0.3) is 5.91 Å². The molecule has 0 radical (unpaired) electrons. The molecule has 0 spiro atoms.